The number of nitrogens with zero attached hydrogens (tertiary/aromatic N) is 2. The van der Waals surface area contributed by atoms with Crippen molar-refractivity contribution in [2.75, 3.05) is 49.7 Å². The van der Waals surface area contributed by atoms with Crippen LogP contribution in [0.2, 0.25) is 0 Å². The maximum Gasteiger partial charge on any atom is 0.414 e. The Morgan fingerprint density at radius 2 is 1.97 bits per heavy atom. The van der Waals surface area contributed by atoms with Gasteiger partial charge in [-0.25, -0.2) is 13.6 Å². The van der Waals surface area contributed by atoms with Crippen molar-refractivity contribution in [1.29, 1.82) is 0 Å². The van der Waals surface area contributed by atoms with Crippen molar-refractivity contribution in [2.24, 2.45) is 0 Å². The van der Waals surface area contributed by atoms with Crippen molar-refractivity contribution in [2.45, 2.75) is 31.5 Å². The molecule has 0 radical (unpaired) electrons. The highest BCUT2D eigenvalue weighted by molar-refractivity contribution is 5.90. The van der Waals surface area contributed by atoms with Gasteiger partial charge in [0.05, 0.1) is 31.0 Å². The average Bonchev–Trinajstić information content (AvgIpc) is 3.02. The van der Waals surface area contributed by atoms with Crippen LogP contribution in [0.15, 0.2) is 12.1 Å². The van der Waals surface area contributed by atoms with E-state index in [4.69, 9.17) is 9.47 Å². The Kier molecular flexibility index (Phi) is 6.23. The standard InChI is InChI=1S/C19H25F2N3O5/c1-12(25)22-9-14-10-24(18(26)29-14)13-7-15(20)17(16(21)8-13)23-5-3-19(27,4-6-23)11-28-2/h7-8,14,27H,3-6,9-11H2,1-2H3,(H,22,25). The minimum absolute atomic E-state index is 0.0481. The lowest BCUT2D eigenvalue weighted by Gasteiger charge is -2.39. The molecule has 160 valence electrons. The molecule has 1 aromatic carbocycles. The van der Waals surface area contributed by atoms with Crippen molar-refractivity contribution in [3.63, 3.8) is 0 Å². The number of carbonyl (C=O) groups excluding carboxylic acids is 2. The summed E-state index contributed by atoms with van der Waals surface area (Å²) >= 11 is 0. The van der Waals surface area contributed by atoms with Crippen molar-refractivity contribution in [3.8, 4) is 0 Å². The van der Waals surface area contributed by atoms with E-state index in [0.29, 0.717) is 12.8 Å². The largest absolute Gasteiger partial charge is 0.442 e. The van der Waals surface area contributed by atoms with E-state index in [1.807, 2.05) is 0 Å². The molecule has 8 nitrogen and oxygen atoms in total. The molecule has 2 aliphatic heterocycles. The molecule has 1 aromatic rings. The fraction of sp³-hybridized carbons (Fsp3) is 0.579. The van der Waals surface area contributed by atoms with Gasteiger partial charge in [-0.1, -0.05) is 0 Å². The van der Waals surface area contributed by atoms with E-state index in [1.165, 1.54) is 14.0 Å². The van der Waals surface area contributed by atoms with Gasteiger partial charge >= 0.3 is 6.09 Å². The monoisotopic (exact) mass is 413 g/mol. The molecule has 0 aliphatic carbocycles. The molecule has 2 aliphatic rings. The second-order valence-corrected chi connectivity index (χ2v) is 7.46. The van der Waals surface area contributed by atoms with Gasteiger partial charge in [-0.2, -0.15) is 0 Å². The second kappa shape index (κ2) is 8.50. The summed E-state index contributed by atoms with van der Waals surface area (Å²) in [5.74, 6) is -1.86. The molecule has 0 spiro atoms. The van der Waals surface area contributed by atoms with Crippen LogP contribution < -0.4 is 15.1 Å². The molecule has 29 heavy (non-hydrogen) atoms. The van der Waals surface area contributed by atoms with Crippen LogP contribution >= 0.6 is 0 Å². The number of carbonyl (C=O) groups is 2. The number of methoxy groups -OCH3 is 1. The lowest BCUT2D eigenvalue weighted by Crippen LogP contribution is -2.47. The number of piperidine rings is 1. The van der Waals surface area contributed by atoms with Crippen LogP contribution in [0.25, 0.3) is 0 Å². The number of nitrogens with one attached hydrogen (secondary N) is 1. The van der Waals surface area contributed by atoms with Crippen LogP contribution in [-0.4, -0.2) is 68.7 Å². The highest BCUT2D eigenvalue weighted by Crippen LogP contribution is 2.34. The summed E-state index contributed by atoms with van der Waals surface area (Å²) in [4.78, 5) is 25.7. The third-order valence-electron chi connectivity index (χ3n) is 5.19. The first kappa shape index (κ1) is 21.3. The van der Waals surface area contributed by atoms with Crippen molar-refractivity contribution >= 4 is 23.4 Å². The van der Waals surface area contributed by atoms with Gasteiger partial charge in [0.15, 0.2) is 11.6 Å². The minimum atomic E-state index is -1.000. The Balaban J connectivity index is 1.72. The fourth-order valence-electron chi connectivity index (χ4n) is 3.67. The van der Waals surface area contributed by atoms with E-state index in [-0.39, 0.29) is 50.1 Å². The number of rotatable bonds is 6. The highest BCUT2D eigenvalue weighted by atomic mass is 19.1. The summed E-state index contributed by atoms with van der Waals surface area (Å²) in [6.07, 6.45) is -0.678. The van der Waals surface area contributed by atoms with Crippen LogP contribution in [-0.2, 0) is 14.3 Å². The molecular weight excluding hydrogens is 388 g/mol. The van der Waals surface area contributed by atoms with E-state index < -0.39 is 29.4 Å². The molecule has 2 amide bonds. The van der Waals surface area contributed by atoms with Gasteiger partial charge in [0.25, 0.3) is 0 Å². The van der Waals surface area contributed by atoms with Crippen molar-refractivity contribution in [3.05, 3.63) is 23.8 Å². The number of aliphatic hydroxyl groups is 1. The van der Waals surface area contributed by atoms with Crippen molar-refractivity contribution < 1.29 is 33.0 Å². The Labute approximate surface area is 167 Å². The highest BCUT2D eigenvalue weighted by Gasteiger charge is 2.36. The zero-order chi connectivity index (χ0) is 21.2. The molecular formula is C19H25F2N3O5. The fourth-order valence-corrected chi connectivity index (χ4v) is 3.67. The van der Waals surface area contributed by atoms with Crippen molar-refractivity contribution in [1.82, 2.24) is 5.32 Å². The number of amides is 2. The normalized spacial score (nSPS) is 21.3. The first-order valence-corrected chi connectivity index (χ1v) is 9.40. The van der Waals surface area contributed by atoms with E-state index in [2.05, 4.69) is 5.32 Å². The summed E-state index contributed by atoms with van der Waals surface area (Å²) in [6, 6.07) is 2.19. The number of ether oxygens (including phenoxy) is 2. The molecule has 2 heterocycles. The Hall–Kier alpha value is -2.46. The number of halogens is 2. The number of hydrogen-bond donors (Lipinski definition) is 2. The van der Waals surface area contributed by atoms with Crippen LogP contribution in [0.5, 0.6) is 0 Å². The van der Waals surface area contributed by atoms with Gasteiger partial charge in [-0.15, -0.1) is 0 Å². The van der Waals surface area contributed by atoms with Crippen LogP contribution in [0.3, 0.4) is 0 Å². The van der Waals surface area contributed by atoms with E-state index in [0.717, 1.165) is 17.0 Å². The molecule has 0 aromatic heterocycles. The third-order valence-corrected chi connectivity index (χ3v) is 5.19. The molecule has 2 fully saturated rings. The first-order valence-electron chi connectivity index (χ1n) is 9.40. The van der Waals surface area contributed by atoms with E-state index in [1.54, 1.807) is 4.90 Å². The Morgan fingerprint density at radius 1 is 1.34 bits per heavy atom. The molecule has 10 heteroatoms. The lowest BCUT2D eigenvalue weighted by atomic mass is 9.92. The third kappa shape index (κ3) is 4.76. The van der Waals surface area contributed by atoms with Gasteiger partial charge in [0.1, 0.15) is 11.8 Å². The van der Waals surface area contributed by atoms with Gasteiger partial charge < -0.3 is 24.8 Å². The van der Waals surface area contributed by atoms with Gasteiger partial charge in [-0.3, -0.25) is 9.69 Å². The maximum absolute atomic E-state index is 14.8. The SMILES string of the molecule is COCC1(O)CCN(c2c(F)cc(N3CC(CNC(C)=O)OC3=O)cc2F)CC1. The van der Waals surface area contributed by atoms with Crippen LogP contribution in [0.4, 0.5) is 25.0 Å². The summed E-state index contributed by atoms with van der Waals surface area (Å²) in [5.41, 5.74) is -1.14. The number of benzene rings is 1. The van der Waals surface area contributed by atoms with E-state index >= 15 is 0 Å². The first-order chi connectivity index (χ1) is 13.7. The molecule has 0 bridgehead atoms. The Bertz CT molecular complexity index is 760. The van der Waals surface area contributed by atoms with Gasteiger partial charge in [-0.05, 0) is 12.8 Å². The molecule has 1 atom stereocenters. The van der Waals surface area contributed by atoms with Gasteiger partial charge in [0.2, 0.25) is 5.91 Å². The minimum Gasteiger partial charge on any atom is -0.442 e. The molecule has 0 saturated carbocycles. The van der Waals surface area contributed by atoms with E-state index in [9.17, 15) is 23.5 Å². The van der Waals surface area contributed by atoms with Gasteiger partial charge in [0, 0.05) is 39.3 Å². The molecule has 2 N–H and O–H groups in total. The number of cyclic esters (lactones) is 1. The average molecular weight is 413 g/mol. The maximum atomic E-state index is 14.8. The zero-order valence-electron chi connectivity index (χ0n) is 16.4. The predicted octanol–water partition coefficient (Wildman–Crippen LogP) is 1.40. The summed E-state index contributed by atoms with van der Waals surface area (Å²) in [6.45, 7) is 2.26. The number of hydrogen-bond acceptors (Lipinski definition) is 6. The zero-order valence-corrected chi connectivity index (χ0v) is 16.4. The van der Waals surface area contributed by atoms with Crippen LogP contribution in [0, 0.1) is 11.6 Å². The molecule has 1 unspecified atom stereocenters. The summed E-state index contributed by atoms with van der Waals surface area (Å²) in [5, 5.41) is 12.9. The predicted molar refractivity (Wildman–Crippen MR) is 101 cm³/mol. The van der Waals surface area contributed by atoms with Crippen LogP contribution in [0.1, 0.15) is 19.8 Å². The lowest BCUT2D eigenvalue weighted by molar-refractivity contribution is -0.119. The second-order valence-electron chi connectivity index (χ2n) is 7.46. The smallest absolute Gasteiger partial charge is 0.414 e. The summed E-state index contributed by atoms with van der Waals surface area (Å²) in [7, 11) is 1.49. The summed E-state index contributed by atoms with van der Waals surface area (Å²) < 4.78 is 39.7. The molecule has 2 saturated heterocycles. The quantitative estimate of drug-likeness (QED) is 0.733. The topological polar surface area (TPSA) is 91.3 Å². The Morgan fingerprint density at radius 3 is 2.52 bits per heavy atom. The molecule has 3 rings (SSSR count). The number of anilines is 2.